The van der Waals surface area contributed by atoms with Crippen molar-refractivity contribution in [2.45, 2.75) is 26.9 Å². The highest BCUT2D eigenvalue weighted by atomic mass is 35.5. The van der Waals surface area contributed by atoms with Crippen LogP contribution in [-0.2, 0) is 17.9 Å². The Morgan fingerprint density at radius 2 is 1.86 bits per heavy atom. The second-order valence-electron chi connectivity index (χ2n) is 6.46. The molecular weight excluding hydrogens is 413 g/mol. The molecule has 0 aliphatic heterocycles. The number of nitrogens with one attached hydrogen (secondary N) is 2. The highest BCUT2D eigenvalue weighted by Gasteiger charge is 2.19. The van der Waals surface area contributed by atoms with E-state index in [2.05, 4.69) is 20.9 Å². The van der Waals surface area contributed by atoms with Gasteiger partial charge in [-0.1, -0.05) is 52.7 Å². The van der Waals surface area contributed by atoms with Crippen molar-refractivity contribution in [2.24, 2.45) is 0 Å². The number of carbonyl (C=O) groups is 2. The number of hydrogen-bond acceptors (Lipinski definition) is 4. The fourth-order valence-corrected chi connectivity index (χ4v) is 3.03. The average molecular weight is 432 g/mol. The minimum absolute atomic E-state index is 0.0627. The third-order valence-electron chi connectivity index (χ3n) is 4.37. The smallest absolute Gasteiger partial charge is 0.278 e. The lowest BCUT2D eigenvalue weighted by atomic mass is 10.2. The summed E-state index contributed by atoms with van der Waals surface area (Å²) in [4.78, 5) is 24.8. The molecule has 7 nitrogen and oxygen atoms in total. The molecule has 1 aromatic heterocycles. The minimum Gasteiger partial charge on any atom is -0.350 e. The van der Waals surface area contributed by atoms with Gasteiger partial charge in [-0.3, -0.25) is 9.59 Å². The summed E-state index contributed by atoms with van der Waals surface area (Å²) in [6, 6.07) is 12.5. The van der Waals surface area contributed by atoms with E-state index in [0.29, 0.717) is 28.0 Å². The van der Waals surface area contributed by atoms with Gasteiger partial charge in [-0.25, -0.2) is 4.68 Å². The van der Waals surface area contributed by atoms with Gasteiger partial charge in [-0.2, -0.15) is 0 Å². The minimum atomic E-state index is -0.421. The molecule has 0 fully saturated rings. The predicted octanol–water partition coefficient (Wildman–Crippen LogP) is 3.77. The molecule has 2 amide bonds. The first kappa shape index (κ1) is 20.8. The van der Waals surface area contributed by atoms with Crippen LogP contribution in [0, 0.1) is 13.8 Å². The van der Waals surface area contributed by atoms with Crippen LogP contribution in [-0.4, -0.2) is 26.8 Å². The van der Waals surface area contributed by atoms with E-state index in [1.807, 2.05) is 31.2 Å². The van der Waals surface area contributed by atoms with Gasteiger partial charge in [0.15, 0.2) is 5.69 Å². The normalized spacial score (nSPS) is 10.6. The lowest BCUT2D eigenvalue weighted by Gasteiger charge is -2.09. The average Bonchev–Trinajstić information content (AvgIpc) is 3.04. The number of aryl methyl sites for hydroxylation is 1. The van der Waals surface area contributed by atoms with Gasteiger partial charge in [0.1, 0.15) is 6.54 Å². The summed E-state index contributed by atoms with van der Waals surface area (Å²) >= 11 is 12.1. The fourth-order valence-electron chi connectivity index (χ4n) is 2.66. The number of benzene rings is 2. The van der Waals surface area contributed by atoms with Gasteiger partial charge in [0.2, 0.25) is 5.91 Å². The van der Waals surface area contributed by atoms with Crippen molar-refractivity contribution in [3.63, 3.8) is 0 Å². The van der Waals surface area contributed by atoms with Crippen LogP contribution in [0.25, 0.3) is 0 Å². The van der Waals surface area contributed by atoms with Crippen LogP contribution < -0.4 is 10.6 Å². The Bertz CT molecular complexity index is 1060. The fraction of sp³-hybridized carbons (Fsp3) is 0.200. The number of anilines is 1. The van der Waals surface area contributed by atoms with Crippen molar-refractivity contribution >= 4 is 40.7 Å². The predicted molar refractivity (Wildman–Crippen MR) is 112 cm³/mol. The number of halogens is 2. The van der Waals surface area contributed by atoms with Gasteiger partial charge in [-0.15, -0.1) is 5.10 Å². The van der Waals surface area contributed by atoms with Crippen LogP contribution in [0.3, 0.4) is 0 Å². The number of nitrogens with zero attached hydrogens (tertiary/aromatic N) is 3. The van der Waals surface area contributed by atoms with E-state index in [-0.39, 0.29) is 18.1 Å². The van der Waals surface area contributed by atoms with Crippen LogP contribution in [0.15, 0.2) is 42.5 Å². The van der Waals surface area contributed by atoms with E-state index in [1.165, 1.54) is 4.68 Å². The van der Waals surface area contributed by atoms with E-state index < -0.39 is 5.91 Å². The Labute approximate surface area is 178 Å². The number of amides is 2. The van der Waals surface area contributed by atoms with E-state index in [9.17, 15) is 9.59 Å². The Kier molecular flexibility index (Phi) is 6.51. The number of rotatable bonds is 6. The first-order valence-corrected chi connectivity index (χ1v) is 9.58. The summed E-state index contributed by atoms with van der Waals surface area (Å²) in [6.45, 7) is 3.78. The monoisotopic (exact) mass is 431 g/mol. The largest absolute Gasteiger partial charge is 0.350 e. The SMILES string of the molecule is Cc1ccc(Cl)cc1NC(=O)c1nnn(CC(=O)NCc2ccccc2Cl)c1C. The van der Waals surface area contributed by atoms with E-state index in [1.54, 1.807) is 25.1 Å². The zero-order valence-electron chi connectivity index (χ0n) is 15.9. The van der Waals surface area contributed by atoms with E-state index >= 15 is 0 Å². The van der Waals surface area contributed by atoms with Gasteiger partial charge in [0, 0.05) is 22.3 Å². The lowest BCUT2D eigenvalue weighted by molar-refractivity contribution is -0.122. The summed E-state index contributed by atoms with van der Waals surface area (Å²) in [6.07, 6.45) is 0. The van der Waals surface area contributed by atoms with Crippen LogP contribution in [0.1, 0.15) is 27.3 Å². The molecule has 29 heavy (non-hydrogen) atoms. The quantitative estimate of drug-likeness (QED) is 0.621. The topological polar surface area (TPSA) is 88.9 Å². The Morgan fingerprint density at radius 1 is 1.10 bits per heavy atom. The summed E-state index contributed by atoms with van der Waals surface area (Å²) in [5.74, 6) is -0.689. The van der Waals surface area contributed by atoms with Crippen molar-refractivity contribution in [1.82, 2.24) is 20.3 Å². The molecule has 0 atom stereocenters. The molecule has 0 aliphatic rings. The molecule has 3 rings (SSSR count). The summed E-state index contributed by atoms with van der Waals surface area (Å²) in [5, 5.41) is 14.5. The molecule has 150 valence electrons. The van der Waals surface area contributed by atoms with Gasteiger partial charge in [0.25, 0.3) is 5.91 Å². The summed E-state index contributed by atoms with van der Waals surface area (Å²) < 4.78 is 1.38. The molecule has 2 aromatic carbocycles. The molecule has 0 spiro atoms. The molecule has 0 saturated carbocycles. The molecule has 2 N–H and O–H groups in total. The maximum atomic E-state index is 12.6. The van der Waals surface area contributed by atoms with Crippen molar-refractivity contribution in [3.8, 4) is 0 Å². The second-order valence-corrected chi connectivity index (χ2v) is 7.31. The molecule has 0 radical (unpaired) electrons. The first-order valence-electron chi connectivity index (χ1n) is 8.83. The van der Waals surface area contributed by atoms with Crippen molar-refractivity contribution in [3.05, 3.63) is 75.0 Å². The zero-order valence-corrected chi connectivity index (χ0v) is 17.4. The maximum absolute atomic E-state index is 12.6. The second kappa shape index (κ2) is 9.07. The lowest BCUT2D eigenvalue weighted by Crippen LogP contribution is -2.28. The Morgan fingerprint density at radius 3 is 2.62 bits per heavy atom. The third-order valence-corrected chi connectivity index (χ3v) is 4.98. The van der Waals surface area contributed by atoms with Gasteiger partial charge in [-0.05, 0) is 43.2 Å². The Balaban J connectivity index is 1.64. The van der Waals surface area contributed by atoms with Crippen LogP contribution >= 0.6 is 23.2 Å². The van der Waals surface area contributed by atoms with E-state index in [4.69, 9.17) is 23.2 Å². The highest BCUT2D eigenvalue weighted by Crippen LogP contribution is 2.21. The van der Waals surface area contributed by atoms with Gasteiger partial charge < -0.3 is 10.6 Å². The molecular formula is C20H19Cl2N5O2. The van der Waals surface area contributed by atoms with E-state index in [0.717, 1.165) is 11.1 Å². The molecule has 0 bridgehead atoms. The first-order chi connectivity index (χ1) is 13.8. The van der Waals surface area contributed by atoms with Crippen LogP contribution in [0.2, 0.25) is 10.0 Å². The standard InChI is InChI=1S/C20H19Cl2N5O2/c1-12-7-8-15(21)9-17(12)24-20(29)19-13(2)27(26-25-19)11-18(28)23-10-14-5-3-4-6-16(14)22/h3-9H,10-11H2,1-2H3,(H,23,28)(H,24,29). The van der Waals surface area contributed by atoms with Crippen molar-refractivity contribution in [2.75, 3.05) is 5.32 Å². The highest BCUT2D eigenvalue weighted by molar-refractivity contribution is 6.31. The van der Waals surface area contributed by atoms with Crippen molar-refractivity contribution < 1.29 is 9.59 Å². The van der Waals surface area contributed by atoms with Gasteiger partial charge >= 0.3 is 0 Å². The molecule has 3 aromatic rings. The van der Waals surface area contributed by atoms with Crippen molar-refractivity contribution in [1.29, 1.82) is 0 Å². The maximum Gasteiger partial charge on any atom is 0.278 e. The Hall–Kier alpha value is -2.90. The summed E-state index contributed by atoms with van der Waals surface area (Å²) in [5.41, 5.74) is 2.90. The molecule has 0 saturated heterocycles. The molecule has 0 unspecified atom stereocenters. The van der Waals surface area contributed by atoms with Crippen LogP contribution in [0.5, 0.6) is 0 Å². The number of hydrogen-bond donors (Lipinski definition) is 2. The summed E-state index contributed by atoms with van der Waals surface area (Å²) in [7, 11) is 0. The zero-order chi connectivity index (χ0) is 21.0. The molecule has 9 heteroatoms. The molecule has 0 aliphatic carbocycles. The third kappa shape index (κ3) is 5.13. The number of carbonyl (C=O) groups excluding carboxylic acids is 2. The molecule has 1 heterocycles. The van der Waals surface area contributed by atoms with Gasteiger partial charge in [0.05, 0.1) is 5.69 Å². The van der Waals surface area contributed by atoms with Crippen LogP contribution in [0.4, 0.5) is 5.69 Å². The number of aromatic nitrogens is 3.